The number of benzene rings is 1. The van der Waals surface area contributed by atoms with E-state index in [0.29, 0.717) is 11.3 Å². The molecular formula is C19H23N3O2. The molecular weight excluding hydrogens is 302 g/mol. The Morgan fingerprint density at radius 1 is 1.21 bits per heavy atom. The normalized spacial score (nSPS) is 14.9. The van der Waals surface area contributed by atoms with E-state index in [1.165, 1.54) is 0 Å². The molecule has 126 valence electrons. The van der Waals surface area contributed by atoms with Gasteiger partial charge < -0.3 is 10.6 Å². The predicted molar refractivity (Wildman–Crippen MR) is 93.7 cm³/mol. The summed E-state index contributed by atoms with van der Waals surface area (Å²) in [7, 11) is 0. The minimum Gasteiger partial charge on any atom is -0.368 e. The van der Waals surface area contributed by atoms with Crippen molar-refractivity contribution in [2.24, 2.45) is 5.73 Å². The molecule has 1 fully saturated rings. The monoisotopic (exact) mass is 325 g/mol. The quantitative estimate of drug-likeness (QED) is 0.939. The third kappa shape index (κ3) is 3.25. The van der Waals surface area contributed by atoms with Gasteiger partial charge in [-0.2, -0.15) is 0 Å². The summed E-state index contributed by atoms with van der Waals surface area (Å²) in [4.78, 5) is 30.8. The van der Waals surface area contributed by atoms with Gasteiger partial charge in [-0.3, -0.25) is 14.6 Å². The molecule has 1 aliphatic rings. The second-order valence-electron chi connectivity index (χ2n) is 6.66. The van der Waals surface area contributed by atoms with Crippen LogP contribution in [0.25, 0.3) is 10.9 Å². The Kier molecular flexibility index (Phi) is 4.51. The average Bonchev–Trinajstić information content (AvgIpc) is 3.05. The number of nitrogens with two attached hydrogens (primary N) is 1. The number of carbonyl (C=O) groups is 2. The van der Waals surface area contributed by atoms with Crippen molar-refractivity contribution in [2.75, 3.05) is 6.54 Å². The van der Waals surface area contributed by atoms with Crippen LogP contribution in [0.15, 0.2) is 24.3 Å². The molecule has 1 heterocycles. The van der Waals surface area contributed by atoms with Crippen LogP contribution >= 0.6 is 0 Å². The number of aromatic nitrogens is 1. The second-order valence-corrected chi connectivity index (χ2v) is 6.66. The maximum Gasteiger partial charge on any atom is 0.256 e. The molecule has 5 nitrogen and oxygen atoms in total. The number of hydrogen-bond donors (Lipinski definition) is 1. The molecule has 0 bridgehead atoms. The van der Waals surface area contributed by atoms with Crippen molar-refractivity contribution < 1.29 is 9.59 Å². The van der Waals surface area contributed by atoms with Crippen molar-refractivity contribution >= 4 is 22.7 Å². The molecule has 0 unspecified atom stereocenters. The first kappa shape index (κ1) is 16.4. The minimum atomic E-state index is -0.475. The third-order valence-corrected chi connectivity index (χ3v) is 4.74. The van der Waals surface area contributed by atoms with E-state index in [0.717, 1.165) is 42.1 Å². The van der Waals surface area contributed by atoms with E-state index in [4.69, 9.17) is 5.73 Å². The zero-order valence-corrected chi connectivity index (χ0v) is 14.2. The van der Waals surface area contributed by atoms with E-state index in [2.05, 4.69) is 4.98 Å². The van der Waals surface area contributed by atoms with E-state index in [1.807, 2.05) is 38.1 Å². The van der Waals surface area contributed by atoms with Gasteiger partial charge in [0.05, 0.1) is 23.3 Å². The molecule has 0 atom stereocenters. The van der Waals surface area contributed by atoms with Gasteiger partial charge in [0.2, 0.25) is 5.91 Å². The van der Waals surface area contributed by atoms with Crippen LogP contribution in [0.4, 0.5) is 0 Å². The zero-order chi connectivity index (χ0) is 17.3. The van der Waals surface area contributed by atoms with Crippen LogP contribution in [0.2, 0.25) is 0 Å². The maximum absolute atomic E-state index is 13.1. The number of pyridine rings is 1. The van der Waals surface area contributed by atoms with Gasteiger partial charge >= 0.3 is 0 Å². The number of carbonyl (C=O) groups excluding carboxylic acids is 2. The molecule has 24 heavy (non-hydrogen) atoms. The average molecular weight is 325 g/mol. The van der Waals surface area contributed by atoms with Crippen molar-refractivity contribution in [1.29, 1.82) is 0 Å². The van der Waals surface area contributed by atoms with Gasteiger partial charge in [-0.25, -0.2) is 0 Å². The van der Waals surface area contributed by atoms with E-state index in [1.54, 1.807) is 4.90 Å². The second kappa shape index (κ2) is 6.59. The van der Waals surface area contributed by atoms with Gasteiger partial charge in [0.15, 0.2) is 0 Å². The molecule has 2 aromatic rings. The van der Waals surface area contributed by atoms with E-state index in [9.17, 15) is 9.59 Å². The van der Waals surface area contributed by atoms with Crippen molar-refractivity contribution in [2.45, 2.75) is 45.6 Å². The third-order valence-electron chi connectivity index (χ3n) is 4.74. The highest BCUT2D eigenvalue weighted by Gasteiger charge is 2.29. The largest absolute Gasteiger partial charge is 0.368 e. The summed E-state index contributed by atoms with van der Waals surface area (Å²) in [5, 5.41) is 0.939. The van der Waals surface area contributed by atoms with E-state index >= 15 is 0 Å². The Hall–Kier alpha value is -2.43. The first-order valence-electron chi connectivity index (χ1n) is 8.43. The highest BCUT2D eigenvalue weighted by atomic mass is 16.2. The van der Waals surface area contributed by atoms with Crippen LogP contribution < -0.4 is 5.73 Å². The standard InChI is InChI=1S/C19H23N3O2/c1-12-7-8-17-14(9-12)10-16(13(2)21-17)19(24)22(11-18(20)23)15-5-3-4-6-15/h7-10,15H,3-6,11H2,1-2H3,(H2,20,23). The highest BCUT2D eigenvalue weighted by Crippen LogP contribution is 2.26. The van der Waals surface area contributed by atoms with E-state index in [-0.39, 0.29) is 18.5 Å². The van der Waals surface area contributed by atoms with E-state index < -0.39 is 5.91 Å². The molecule has 2 amide bonds. The van der Waals surface area contributed by atoms with Gasteiger partial charge in [-0.15, -0.1) is 0 Å². The molecule has 0 saturated heterocycles. The van der Waals surface area contributed by atoms with Crippen molar-refractivity contribution in [3.8, 4) is 0 Å². The summed E-state index contributed by atoms with van der Waals surface area (Å²) in [5.41, 5.74) is 8.61. The SMILES string of the molecule is Cc1ccc2nc(C)c(C(=O)N(CC(N)=O)C3CCCC3)cc2c1. The molecule has 1 saturated carbocycles. The van der Waals surface area contributed by atoms with Crippen LogP contribution in [0.1, 0.15) is 47.3 Å². The summed E-state index contributed by atoms with van der Waals surface area (Å²) < 4.78 is 0. The lowest BCUT2D eigenvalue weighted by Gasteiger charge is -2.28. The Labute approximate surface area is 141 Å². The molecule has 0 aliphatic heterocycles. The molecule has 2 N–H and O–H groups in total. The van der Waals surface area contributed by atoms with Crippen LogP contribution in [0.5, 0.6) is 0 Å². The lowest BCUT2D eigenvalue weighted by atomic mass is 10.1. The Morgan fingerprint density at radius 2 is 1.92 bits per heavy atom. The summed E-state index contributed by atoms with van der Waals surface area (Å²) in [5.74, 6) is -0.619. The van der Waals surface area contributed by atoms with Gasteiger partial charge in [0.25, 0.3) is 5.91 Å². The number of nitrogens with zero attached hydrogens (tertiary/aromatic N) is 2. The maximum atomic E-state index is 13.1. The fourth-order valence-corrected chi connectivity index (χ4v) is 3.51. The Bertz CT molecular complexity index is 795. The number of hydrogen-bond acceptors (Lipinski definition) is 3. The number of rotatable bonds is 4. The van der Waals surface area contributed by atoms with Crippen molar-refractivity contribution in [3.05, 3.63) is 41.1 Å². The van der Waals surface area contributed by atoms with Crippen molar-refractivity contribution in [3.63, 3.8) is 0 Å². The smallest absolute Gasteiger partial charge is 0.256 e. The lowest BCUT2D eigenvalue weighted by molar-refractivity contribution is -0.119. The van der Waals surface area contributed by atoms with Gasteiger partial charge in [0, 0.05) is 11.4 Å². The molecule has 1 aromatic heterocycles. The number of primary amides is 1. The number of fused-ring (bicyclic) bond motifs is 1. The van der Waals surface area contributed by atoms with Gasteiger partial charge in [-0.1, -0.05) is 24.5 Å². The lowest BCUT2D eigenvalue weighted by Crippen LogP contribution is -2.44. The predicted octanol–water partition coefficient (Wildman–Crippen LogP) is 2.72. The summed E-state index contributed by atoms with van der Waals surface area (Å²) in [6.07, 6.45) is 4.03. The van der Waals surface area contributed by atoms with Crippen LogP contribution in [-0.2, 0) is 4.79 Å². The highest BCUT2D eigenvalue weighted by molar-refractivity contribution is 6.00. The molecule has 0 spiro atoms. The zero-order valence-electron chi connectivity index (χ0n) is 14.2. The fraction of sp³-hybridized carbons (Fsp3) is 0.421. The summed E-state index contributed by atoms with van der Waals surface area (Å²) >= 11 is 0. The van der Waals surface area contributed by atoms with Crippen LogP contribution in [-0.4, -0.2) is 34.3 Å². The van der Waals surface area contributed by atoms with Crippen LogP contribution in [0.3, 0.4) is 0 Å². The summed E-state index contributed by atoms with van der Waals surface area (Å²) in [6, 6.07) is 7.97. The number of aryl methyl sites for hydroxylation is 2. The van der Waals surface area contributed by atoms with Gasteiger partial charge in [-0.05, 0) is 44.9 Å². The molecule has 1 aromatic carbocycles. The Morgan fingerprint density at radius 3 is 2.58 bits per heavy atom. The van der Waals surface area contributed by atoms with Crippen molar-refractivity contribution in [1.82, 2.24) is 9.88 Å². The topological polar surface area (TPSA) is 76.3 Å². The minimum absolute atomic E-state index is 0.0329. The fourth-order valence-electron chi connectivity index (χ4n) is 3.51. The van der Waals surface area contributed by atoms with Gasteiger partial charge in [0.1, 0.15) is 0 Å². The number of amides is 2. The molecule has 0 radical (unpaired) electrons. The molecule has 1 aliphatic carbocycles. The molecule has 3 rings (SSSR count). The summed E-state index contributed by atoms with van der Waals surface area (Å²) in [6.45, 7) is 3.82. The Balaban J connectivity index is 2.00. The molecule has 5 heteroatoms. The first-order chi connectivity index (χ1) is 11.5. The first-order valence-corrected chi connectivity index (χ1v) is 8.43. The van der Waals surface area contributed by atoms with Crippen LogP contribution in [0, 0.1) is 13.8 Å².